The molecule has 0 atom stereocenters. The summed E-state index contributed by atoms with van der Waals surface area (Å²) in [5, 5.41) is 3.21. The summed E-state index contributed by atoms with van der Waals surface area (Å²) in [7, 11) is 0. The Bertz CT molecular complexity index is 686. The maximum Gasteiger partial charge on any atom is 0.258 e. The first kappa shape index (κ1) is 14.8. The Labute approximate surface area is 126 Å². The van der Waals surface area contributed by atoms with Crippen molar-refractivity contribution in [3.63, 3.8) is 0 Å². The molecule has 2 nitrogen and oxygen atoms in total. The number of amides is 1. The van der Waals surface area contributed by atoms with Gasteiger partial charge in [-0.2, -0.15) is 0 Å². The van der Waals surface area contributed by atoms with Crippen molar-refractivity contribution in [3.8, 4) is 0 Å². The molecule has 0 aliphatic heterocycles. The molecule has 2 aromatic rings. The normalized spacial score (nSPS) is 10.4. The monoisotopic (exact) mass is 311 g/mol. The lowest BCUT2D eigenvalue weighted by molar-refractivity contribution is 0.102. The minimum Gasteiger partial charge on any atom is -0.319 e. The predicted molar refractivity (Wildman–Crippen MR) is 80.3 cm³/mol. The van der Waals surface area contributed by atoms with E-state index in [1.54, 1.807) is 32.0 Å². The number of carbonyl (C=O) groups is 1. The number of halogens is 3. The number of hydrogen-bond acceptors (Lipinski definition) is 1. The third-order valence-corrected chi connectivity index (χ3v) is 3.69. The van der Waals surface area contributed by atoms with Gasteiger partial charge in [0.2, 0.25) is 0 Å². The van der Waals surface area contributed by atoms with Gasteiger partial charge >= 0.3 is 0 Å². The second-order valence-electron chi connectivity index (χ2n) is 4.49. The van der Waals surface area contributed by atoms with Crippen LogP contribution in [-0.2, 0) is 0 Å². The average Bonchev–Trinajstić information content (AvgIpc) is 2.41. The van der Waals surface area contributed by atoms with Crippen LogP contribution in [0.15, 0.2) is 30.3 Å². The smallest absolute Gasteiger partial charge is 0.258 e. The number of carbonyl (C=O) groups excluding carboxylic acids is 1. The lowest BCUT2D eigenvalue weighted by Gasteiger charge is -2.11. The van der Waals surface area contributed by atoms with Crippen LogP contribution in [-0.4, -0.2) is 5.91 Å². The van der Waals surface area contributed by atoms with Gasteiger partial charge in [-0.25, -0.2) is 4.39 Å². The van der Waals surface area contributed by atoms with E-state index in [2.05, 4.69) is 5.32 Å². The van der Waals surface area contributed by atoms with Gasteiger partial charge in [-0.15, -0.1) is 0 Å². The molecule has 20 heavy (non-hydrogen) atoms. The molecular weight excluding hydrogens is 300 g/mol. The van der Waals surface area contributed by atoms with Gasteiger partial charge in [0, 0.05) is 0 Å². The first-order valence-corrected chi connectivity index (χ1v) is 6.68. The van der Waals surface area contributed by atoms with Crippen LogP contribution in [0.1, 0.15) is 21.5 Å². The molecule has 0 spiro atoms. The Morgan fingerprint density at radius 3 is 2.55 bits per heavy atom. The lowest BCUT2D eigenvalue weighted by atomic mass is 10.1. The summed E-state index contributed by atoms with van der Waals surface area (Å²) in [6.07, 6.45) is 0. The van der Waals surface area contributed by atoms with E-state index >= 15 is 0 Å². The second kappa shape index (κ2) is 5.81. The van der Waals surface area contributed by atoms with Crippen molar-refractivity contribution in [3.05, 3.63) is 62.9 Å². The minimum absolute atomic E-state index is 0.0429. The Balaban J connectivity index is 2.38. The molecule has 0 bridgehead atoms. The summed E-state index contributed by atoms with van der Waals surface area (Å²) in [5.74, 6) is -1.17. The fourth-order valence-corrected chi connectivity index (χ4v) is 2.23. The van der Waals surface area contributed by atoms with Crippen LogP contribution < -0.4 is 5.32 Å². The van der Waals surface area contributed by atoms with E-state index in [1.807, 2.05) is 0 Å². The van der Waals surface area contributed by atoms with Crippen LogP contribution in [0.2, 0.25) is 10.0 Å². The van der Waals surface area contributed by atoms with Crippen molar-refractivity contribution >= 4 is 34.8 Å². The van der Waals surface area contributed by atoms with Gasteiger partial charge in [-0.3, -0.25) is 4.79 Å². The lowest BCUT2D eigenvalue weighted by Crippen LogP contribution is -2.15. The van der Waals surface area contributed by atoms with Crippen molar-refractivity contribution < 1.29 is 9.18 Å². The van der Waals surface area contributed by atoms with Crippen molar-refractivity contribution in [2.45, 2.75) is 13.8 Å². The molecule has 0 fully saturated rings. The first-order chi connectivity index (χ1) is 9.40. The van der Waals surface area contributed by atoms with Gasteiger partial charge in [-0.1, -0.05) is 40.9 Å². The van der Waals surface area contributed by atoms with Crippen LogP contribution in [0.5, 0.6) is 0 Å². The van der Waals surface area contributed by atoms with E-state index in [9.17, 15) is 9.18 Å². The maximum atomic E-state index is 13.7. The Hall–Kier alpha value is -1.58. The minimum atomic E-state index is -0.590. The van der Waals surface area contributed by atoms with E-state index in [0.29, 0.717) is 15.7 Å². The highest BCUT2D eigenvalue weighted by molar-refractivity contribution is 6.40. The van der Waals surface area contributed by atoms with Gasteiger partial charge in [0.05, 0.1) is 21.3 Å². The van der Waals surface area contributed by atoms with Crippen LogP contribution >= 0.6 is 23.2 Å². The quantitative estimate of drug-likeness (QED) is 0.830. The zero-order valence-electron chi connectivity index (χ0n) is 10.9. The SMILES string of the molecule is Cc1ccc(F)c(C(=O)Nc2c(Cl)ccc(C)c2Cl)c1. The van der Waals surface area contributed by atoms with Crippen molar-refractivity contribution in [2.75, 3.05) is 5.32 Å². The van der Waals surface area contributed by atoms with E-state index in [-0.39, 0.29) is 5.56 Å². The van der Waals surface area contributed by atoms with Crippen molar-refractivity contribution in [1.82, 2.24) is 0 Å². The highest BCUT2D eigenvalue weighted by Gasteiger charge is 2.16. The number of aryl methyl sites for hydroxylation is 2. The van der Waals surface area contributed by atoms with E-state index in [4.69, 9.17) is 23.2 Å². The summed E-state index contributed by atoms with van der Waals surface area (Å²) >= 11 is 12.1. The van der Waals surface area contributed by atoms with Gasteiger partial charge in [0.25, 0.3) is 5.91 Å². The molecule has 0 radical (unpaired) electrons. The zero-order valence-corrected chi connectivity index (χ0v) is 12.4. The third kappa shape index (κ3) is 2.94. The molecule has 0 aliphatic rings. The van der Waals surface area contributed by atoms with Gasteiger partial charge in [-0.05, 0) is 37.6 Å². The van der Waals surface area contributed by atoms with Gasteiger partial charge in [0.15, 0.2) is 0 Å². The number of benzene rings is 2. The van der Waals surface area contributed by atoms with Crippen molar-refractivity contribution in [2.24, 2.45) is 0 Å². The van der Waals surface area contributed by atoms with E-state index in [1.165, 1.54) is 12.1 Å². The molecule has 0 saturated heterocycles. The zero-order chi connectivity index (χ0) is 14.9. The largest absolute Gasteiger partial charge is 0.319 e. The van der Waals surface area contributed by atoms with Crippen LogP contribution in [0, 0.1) is 19.7 Å². The molecule has 1 N–H and O–H groups in total. The molecule has 0 saturated carbocycles. The second-order valence-corrected chi connectivity index (χ2v) is 5.28. The molecule has 0 aromatic heterocycles. The first-order valence-electron chi connectivity index (χ1n) is 5.92. The molecule has 0 unspecified atom stereocenters. The molecule has 2 aromatic carbocycles. The Morgan fingerprint density at radius 2 is 1.85 bits per heavy atom. The molecule has 104 valence electrons. The number of rotatable bonds is 2. The standard InChI is InChI=1S/C15H12Cl2FNO/c1-8-3-6-12(18)10(7-8)15(20)19-14-11(16)5-4-9(2)13(14)17/h3-7H,1-2H3,(H,19,20). The highest BCUT2D eigenvalue weighted by atomic mass is 35.5. The van der Waals surface area contributed by atoms with Crippen LogP contribution in [0.3, 0.4) is 0 Å². The predicted octanol–water partition coefficient (Wildman–Crippen LogP) is 5.00. The molecule has 0 heterocycles. The number of anilines is 1. The third-order valence-electron chi connectivity index (χ3n) is 2.89. The van der Waals surface area contributed by atoms with Gasteiger partial charge < -0.3 is 5.32 Å². The highest BCUT2D eigenvalue weighted by Crippen LogP contribution is 2.33. The summed E-state index contributed by atoms with van der Waals surface area (Å²) in [6.45, 7) is 3.57. The maximum absolute atomic E-state index is 13.7. The number of nitrogens with one attached hydrogen (secondary N) is 1. The fraction of sp³-hybridized carbons (Fsp3) is 0.133. The fourth-order valence-electron chi connectivity index (χ4n) is 1.77. The molecule has 0 aliphatic carbocycles. The summed E-state index contributed by atoms with van der Waals surface area (Å²) < 4.78 is 13.7. The summed E-state index contributed by atoms with van der Waals surface area (Å²) in [6, 6.07) is 7.70. The van der Waals surface area contributed by atoms with Crippen molar-refractivity contribution in [1.29, 1.82) is 0 Å². The topological polar surface area (TPSA) is 29.1 Å². The van der Waals surface area contributed by atoms with E-state index < -0.39 is 11.7 Å². The van der Waals surface area contributed by atoms with Gasteiger partial charge in [0.1, 0.15) is 5.82 Å². The Morgan fingerprint density at radius 1 is 1.15 bits per heavy atom. The van der Waals surface area contributed by atoms with E-state index in [0.717, 1.165) is 11.1 Å². The molecular formula is C15H12Cl2FNO. The summed E-state index contributed by atoms with van der Waals surface area (Å²) in [5.41, 5.74) is 1.81. The Kier molecular flexibility index (Phi) is 4.31. The van der Waals surface area contributed by atoms with Crippen LogP contribution in [0.25, 0.3) is 0 Å². The molecule has 2 rings (SSSR count). The summed E-state index contributed by atoms with van der Waals surface area (Å²) in [4.78, 5) is 12.1. The molecule has 1 amide bonds. The average molecular weight is 312 g/mol. The number of hydrogen-bond donors (Lipinski definition) is 1. The molecule has 5 heteroatoms. The van der Waals surface area contributed by atoms with Crippen LogP contribution in [0.4, 0.5) is 10.1 Å².